The summed E-state index contributed by atoms with van der Waals surface area (Å²) >= 11 is 0. The Labute approximate surface area is 177 Å². The molecule has 1 unspecified atom stereocenters. The van der Waals surface area contributed by atoms with E-state index in [1.165, 1.54) is 25.0 Å². The summed E-state index contributed by atoms with van der Waals surface area (Å²) < 4.78 is 28.7. The normalized spacial score (nSPS) is 17.0. The van der Waals surface area contributed by atoms with Gasteiger partial charge in [0.05, 0.1) is 12.5 Å². The minimum absolute atomic E-state index is 0.0693. The van der Waals surface area contributed by atoms with Crippen LogP contribution in [-0.4, -0.2) is 49.5 Å². The fraction of sp³-hybridized carbons (Fsp3) is 0.636. The summed E-state index contributed by atoms with van der Waals surface area (Å²) in [5, 5.41) is 5.86. The number of hydrogen-bond acceptors (Lipinski definition) is 4. The predicted molar refractivity (Wildman–Crippen MR) is 111 cm³/mol. The van der Waals surface area contributed by atoms with Crippen LogP contribution in [0.25, 0.3) is 0 Å². The van der Waals surface area contributed by atoms with Gasteiger partial charge in [0.2, 0.25) is 11.8 Å². The van der Waals surface area contributed by atoms with Crippen molar-refractivity contribution in [1.29, 1.82) is 0 Å². The van der Waals surface area contributed by atoms with Crippen molar-refractivity contribution in [2.75, 3.05) is 26.2 Å². The Hall–Kier alpha value is -2.22. The van der Waals surface area contributed by atoms with E-state index in [1.807, 2.05) is 4.90 Å². The molecule has 0 aliphatic carbocycles. The zero-order chi connectivity index (χ0) is 21.8. The van der Waals surface area contributed by atoms with E-state index < -0.39 is 6.61 Å². The summed E-state index contributed by atoms with van der Waals surface area (Å²) in [6.07, 6.45) is 6.25. The van der Waals surface area contributed by atoms with Crippen LogP contribution in [0, 0.1) is 5.92 Å². The number of nitrogens with one attached hydrogen (secondary N) is 2. The number of carbonyl (C=O) groups is 2. The number of piperidine rings is 1. The predicted octanol–water partition coefficient (Wildman–Crippen LogP) is 3.31. The lowest BCUT2D eigenvalue weighted by Crippen LogP contribution is -2.46. The fourth-order valence-corrected chi connectivity index (χ4v) is 3.57. The van der Waals surface area contributed by atoms with E-state index in [0.717, 1.165) is 44.3 Å². The van der Waals surface area contributed by atoms with E-state index in [-0.39, 0.29) is 30.0 Å². The Morgan fingerprint density at radius 2 is 1.93 bits per heavy atom. The SMILES string of the molecule is CCCCCCNC(=O)C1CCCN(CC(=O)NCc2ccc(OC(F)F)cc2)C1. The molecule has 6 nitrogen and oxygen atoms in total. The monoisotopic (exact) mass is 425 g/mol. The molecule has 30 heavy (non-hydrogen) atoms. The van der Waals surface area contributed by atoms with Crippen LogP contribution >= 0.6 is 0 Å². The molecule has 168 valence electrons. The maximum absolute atomic E-state index is 12.4. The first kappa shape index (κ1) is 24.1. The van der Waals surface area contributed by atoms with Crippen molar-refractivity contribution in [3.05, 3.63) is 29.8 Å². The number of likely N-dealkylation sites (tertiary alicyclic amines) is 1. The average molecular weight is 426 g/mol. The number of hydrogen-bond donors (Lipinski definition) is 2. The number of carbonyl (C=O) groups excluding carboxylic acids is 2. The molecule has 8 heteroatoms. The lowest BCUT2D eigenvalue weighted by Gasteiger charge is -2.31. The second kappa shape index (κ2) is 13.2. The lowest BCUT2D eigenvalue weighted by atomic mass is 9.97. The second-order valence-corrected chi connectivity index (χ2v) is 7.73. The lowest BCUT2D eigenvalue weighted by molar-refractivity contribution is -0.129. The molecule has 1 aliphatic heterocycles. The van der Waals surface area contributed by atoms with Crippen molar-refractivity contribution < 1.29 is 23.1 Å². The molecule has 1 aromatic carbocycles. The largest absolute Gasteiger partial charge is 0.435 e. The highest BCUT2D eigenvalue weighted by Gasteiger charge is 2.26. The zero-order valence-electron chi connectivity index (χ0n) is 17.7. The molecule has 1 atom stereocenters. The van der Waals surface area contributed by atoms with Gasteiger partial charge in [-0.3, -0.25) is 14.5 Å². The molecule has 2 N–H and O–H groups in total. The van der Waals surface area contributed by atoms with E-state index >= 15 is 0 Å². The Balaban J connectivity index is 1.68. The van der Waals surface area contributed by atoms with E-state index in [9.17, 15) is 18.4 Å². The van der Waals surface area contributed by atoms with Crippen LogP contribution in [0.2, 0.25) is 0 Å². The Morgan fingerprint density at radius 3 is 2.63 bits per heavy atom. The topological polar surface area (TPSA) is 70.7 Å². The number of rotatable bonds is 12. The van der Waals surface area contributed by atoms with Crippen LogP contribution in [0.4, 0.5) is 8.78 Å². The molecule has 1 aromatic rings. The van der Waals surface area contributed by atoms with Crippen molar-refractivity contribution in [3.63, 3.8) is 0 Å². The summed E-state index contributed by atoms with van der Waals surface area (Å²) in [6.45, 7) is 1.97. The zero-order valence-corrected chi connectivity index (χ0v) is 17.7. The first-order valence-electron chi connectivity index (χ1n) is 10.8. The minimum Gasteiger partial charge on any atom is -0.435 e. The number of alkyl halides is 2. The minimum atomic E-state index is -2.85. The number of ether oxygens (including phenoxy) is 1. The molecule has 1 aliphatic rings. The maximum atomic E-state index is 12.4. The maximum Gasteiger partial charge on any atom is 0.387 e. The van der Waals surface area contributed by atoms with Gasteiger partial charge < -0.3 is 15.4 Å². The Kier molecular flexibility index (Phi) is 10.5. The molecule has 0 bridgehead atoms. The van der Waals surface area contributed by atoms with Gasteiger partial charge in [0.1, 0.15) is 5.75 Å². The molecular weight excluding hydrogens is 392 g/mol. The van der Waals surface area contributed by atoms with Crippen molar-refractivity contribution >= 4 is 11.8 Å². The smallest absolute Gasteiger partial charge is 0.387 e. The number of amides is 2. The van der Waals surface area contributed by atoms with Gasteiger partial charge in [0.25, 0.3) is 0 Å². The van der Waals surface area contributed by atoms with Gasteiger partial charge in [-0.25, -0.2) is 0 Å². The Morgan fingerprint density at radius 1 is 1.17 bits per heavy atom. The molecule has 2 amide bonds. The van der Waals surface area contributed by atoms with Crippen molar-refractivity contribution in [1.82, 2.24) is 15.5 Å². The standard InChI is InChI=1S/C22H33F2N3O3/c1-2-3-4-5-12-25-21(29)18-7-6-13-27(15-18)16-20(28)26-14-17-8-10-19(11-9-17)30-22(23)24/h8-11,18,22H,2-7,12-16H2,1H3,(H,25,29)(H,26,28). The summed E-state index contributed by atoms with van der Waals surface area (Å²) in [4.78, 5) is 26.7. The molecule has 0 spiro atoms. The van der Waals surface area contributed by atoms with Crippen LogP contribution in [0.3, 0.4) is 0 Å². The summed E-state index contributed by atoms with van der Waals surface area (Å²) in [6, 6.07) is 6.17. The second-order valence-electron chi connectivity index (χ2n) is 7.73. The molecule has 1 saturated heterocycles. The van der Waals surface area contributed by atoms with Gasteiger partial charge in [-0.2, -0.15) is 8.78 Å². The third-order valence-corrected chi connectivity index (χ3v) is 5.21. The van der Waals surface area contributed by atoms with Crippen LogP contribution in [0.5, 0.6) is 5.75 Å². The van der Waals surface area contributed by atoms with E-state index in [0.29, 0.717) is 13.1 Å². The van der Waals surface area contributed by atoms with E-state index in [1.54, 1.807) is 12.1 Å². The van der Waals surface area contributed by atoms with Gasteiger partial charge in [-0.05, 0) is 43.5 Å². The van der Waals surface area contributed by atoms with Crippen LogP contribution < -0.4 is 15.4 Å². The van der Waals surface area contributed by atoms with Crippen LogP contribution in [-0.2, 0) is 16.1 Å². The summed E-state index contributed by atoms with van der Waals surface area (Å²) in [7, 11) is 0. The van der Waals surface area contributed by atoms with Crippen molar-refractivity contribution in [2.24, 2.45) is 5.92 Å². The number of benzene rings is 1. The van der Waals surface area contributed by atoms with E-state index in [2.05, 4.69) is 22.3 Å². The first-order valence-corrected chi connectivity index (χ1v) is 10.8. The number of unbranched alkanes of at least 4 members (excludes halogenated alkanes) is 3. The summed E-state index contributed by atoms with van der Waals surface area (Å²) in [5.41, 5.74) is 0.795. The van der Waals surface area contributed by atoms with Crippen molar-refractivity contribution in [2.45, 2.75) is 58.6 Å². The highest BCUT2D eigenvalue weighted by Crippen LogP contribution is 2.17. The highest BCUT2D eigenvalue weighted by atomic mass is 19.3. The van der Waals surface area contributed by atoms with Gasteiger partial charge in [-0.15, -0.1) is 0 Å². The third kappa shape index (κ3) is 9.07. The number of nitrogens with zero attached hydrogens (tertiary/aromatic N) is 1. The molecule has 0 aromatic heterocycles. The third-order valence-electron chi connectivity index (χ3n) is 5.21. The van der Waals surface area contributed by atoms with Gasteiger partial charge in [-0.1, -0.05) is 38.3 Å². The average Bonchev–Trinajstić information content (AvgIpc) is 2.73. The number of halogens is 2. The highest BCUT2D eigenvalue weighted by molar-refractivity contribution is 5.80. The molecule has 0 saturated carbocycles. The van der Waals surface area contributed by atoms with Gasteiger partial charge in [0, 0.05) is 19.6 Å². The molecular formula is C22H33F2N3O3. The van der Waals surface area contributed by atoms with Gasteiger partial charge >= 0.3 is 6.61 Å². The Bertz CT molecular complexity index is 656. The first-order chi connectivity index (χ1) is 14.5. The summed E-state index contributed by atoms with van der Waals surface area (Å²) in [5.74, 6) is -0.0191. The van der Waals surface area contributed by atoms with Gasteiger partial charge in [0.15, 0.2) is 0 Å². The molecule has 2 rings (SSSR count). The quantitative estimate of drug-likeness (QED) is 0.504. The van der Waals surface area contributed by atoms with Crippen LogP contribution in [0.15, 0.2) is 24.3 Å². The molecule has 1 fully saturated rings. The molecule has 0 radical (unpaired) electrons. The van der Waals surface area contributed by atoms with Crippen LogP contribution in [0.1, 0.15) is 51.0 Å². The van der Waals surface area contributed by atoms with E-state index in [4.69, 9.17) is 0 Å². The van der Waals surface area contributed by atoms with Crippen molar-refractivity contribution in [3.8, 4) is 5.75 Å². The molecule has 1 heterocycles. The fourth-order valence-electron chi connectivity index (χ4n) is 3.57.